The van der Waals surface area contributed by atoms with Crippen LogP contribution >= 0.6 is 0 Å². The Morgan fingerprint density at radius 2 is 1.81 bits per heavy atom. The number of methoxy groups -OCH3 is 1. The van der Waals surface area contributed by atoms with Gasteiger partial charge in [-0.25, -0.2) is 0 Å². The standard InChI is InChI=1S/C28H30N4O4/c1-35-21-10-8-20(9-11-21)23(24-18-29-25-6-3-2-5-22(24)25)17-30-27(33)19-31-12-14-32(15-13-31)28(34)26-7-4-16-36-26/h2-11,16,18,23,29H,12-15,17,19H2,1H3,(H,30,33)/t23-/m0/s1. The molecule has 0 aliphatic carbocycles. The molecule has 8 nitrogen and oxygen atoms in total. The number of ether oxygens (including phenoxy) is 1. The van der Waals surface area contributed by atoms with E-state index >= 15 is 0 Å². The zero-order valence-corrected chi connectivity index (χ0v) is 20.3. The van der Waals surface area contributed by atoms with E-state index in [-0.39, 0.29) is 17.7 Å². The van der Waals surface area contributed by atoms with Crippen molar-refractivity contribution in [2.75, 3.05) is 46.4 Å². The number of piperazine rings is 1. The zero-order chi connectivity index (χ0) is 24.9. The highest BCUT2D eigenvalue weighted by molar-refractivity contribution is 5.91. The smallest absolute Gasteiger partial charge is 0.289 e. The van der Waals surface area contributed by atoms with Crippen LogP contribution in [0, 0.1) is 0 Å². The third kappa shape index (κ3) is 5.13. The fourth-order valence-corrected chi connectivity index (χ4v) is 4.77. The summed E-state index contributed by atoms with van der Waals surface area (Å²) in [6.07, 6.45) is 3.53. The van der Waals surface area contributed by atoms with Crippen molar-refractivity contribution in [1.29, 1.82) is 0 Å². The molecule has 186 valence electrons. The Morgan fingerprint density at radius 3 is 2.53 bits per heavy atom. The van der Waals surface area contributed by atoms with Gasteiger partial charge in [-0.15, -0.1) is 0 Å². The Kier molecular flexibility index (Phi) is 7.04. The molecule has 0 bridgehead atoms. The SMILES string of the molecule is COc1ccc([C@H](CNC(=O)CN2CCN(C(=O)c3ccco3)CC2)c2c[nH]c3ccccc23)cc1. The summed E-state index contributed by atoms with van der Waals surface area (Å²) in [6.45, 7) is 3.19. The van der Waals surface area contributed by atoms with Gasteiger partial charge in [0.1, 0.15) is 5.75 Å². The number of benzene rings is 2. The van der Waals surface area contributed by atoms with Gasteiger partial charge in [0.15, 0.2) is 5.76 Å². The molecule has 0 radical (unpaired) electrons. The Labute approximate surface area is 209 Å². The molecule has 0 saturated carbocycles. The third-order valence-corrected chi connectivity index (χ3v) is 6.78. The first-order valence-corrected chi connectivity index (χ1v) is 12.1. The maximum absolute atomic E-state index is 12.9. The van der Waals surface area contributed by atoms with Crippen molar-refractivity contribution in [3.05, 3.63) is 90.0 Å². The number of carbonyl (C=O) groups excluding carboxylic acids is 2. The van der Waals surface area contributed by atoms with Crippen LogP contribution in [0.25, 0.3) is 10.9 Å². The van der Waals surface area contributed by atoms with Crippen LogP contribution in [-0.2, 0) is 4.79 Å². The van der Waals surface area contributed by atoms with Crippen LogP contribution in [0.5, 0.6) is 5.75 Å². The number of fused-ring (bicyclic) bond motifs is 1. The lowest BCUT2D eigenvalue weighted by Crippen LogP contribution is -2.51. The number of aromatic nitrogens is 1. The van der Waals surface area contributed by atoms with Crippen molar-refractivity contribution in [3.8, 4) is 5.75 Å². The lowest BCUT2D eigenvalue weighted by molar-refractivity contribution is -0.122. The number of hydrogen-bond acceptors (Lipinski definition) is 5. The minimum atomic E-state index is -0.106. The first-order valence-electron chi connectivity index (χ1n) is 12.1. The Morgan fingerprint density at radius 1 is 1.03 bits per heavy atom. The molecule has 0 spiro atoms. The Bertz CT molecular complexity index is 1310. The Balaban J connectivity index is 1.22. The largest absolute Gasteiger partial charge is 0.497 e. The molecule has 1 atom stereocenters. The van der Waals surface area contributed by atoms with Crippen LogP contribution in [0.3, 0.4) is 0 Å². The van der Waals surface area contributed by atoms with E-state index in [1.807, 2.05) is 42.6 Å². The summed E-state index contributed by atoms with van der Waals surface area (Å²) in [5.74, 6) is 0.997. The molecule has 2 N–H and O–H groups in total. The van der Waals surface area contributed by atoms with Crippen LogP contribution < -0.4 is 10.1 Å². The van der Waals surface area contributed by atoms with Crippen molar-refractivity contribution in [1.82, 2.24) is 20.1 Å². The molecule has 2 aromatic heterocycles. The first-order chi connectivity index (χ1) is 17.6. The van der Waals surface area contributed by atoms with Gasteiger partial charge in [-0.2, -0.15) is 0 Å². The minimum Gasteiger partial charge on any atom is -0.497 e. The number of amides is 2. The summed E-state index contributed by atoms with van der Waals surface area (Å²) >= 11 is 0. The molecule has 2 amide bonds. The average molecular weight is 487 g/mol. The number of nitrogens with zero attached hydrogens (tertiary/aromatic N) is 2. The van der Waals surface area contributed by atoms with Crippen molar-refractivity contribution < 1.29 is 18.7 Å². The zero-order valence-electron chi connectivity index (χ0n) is 20.3. The summed E-state index contributed by atoms with van der Waals surface area (Å²) < 4.78 is 10.5. The molecule has 2 aromatic carbocycles. The fourth-order valence-electron chi connectivity index (χ4n) is 4.77. The summed E-state index contributed by atoms with van der Waals surface area (Å²) in [5, 5.41) is 4.29. The summed E-state index contributed by atoms with van der Waals surface area (Å²) in [5.41, 5.74) is 3.31. The predicted molar refractivity (Wildman–Crippen MR) is 137 cm³/mol. The molecule has 1 aliphatic rings. The quantitative estimate of drug-likeness (QED) is 0.398. The van der Waals surface area contributed by atoms with Crippen molar-refractivity contribution in [2.24, 2.45) is 0 Å². The van der Waals surface area contributed by atoms with Gasteiger partial charge in [-0.1, -0.05) is 30.3 Å². The number of carbonyl (C=O) groups is 2. The number of aromatic amines is 1. The normalized spacial score (nSPS) is 15.1. The fraction of sp³-hybridized carbons (Fsp3) is 0.286. The number of nitrogens with one attached hydrogen (secondary N) is 2. The second-order valence-corrected chi connectivity index (χ2v) is 8.97. The highest BCUT2D eigenvalue weighted by Crippen LogP contribution is 2.31. The highest BCUT2D eigenvalue weighted by atomic mass is 16.5. The first kappa shape index (κ1) is 23.7. The highest BCUT2D eigenvalue weighted by Gasteiger charge is 2.25. The van der Waals surface area contributed by atoms with E-state index in [1.54, 1.807) is 24.1 Å². The van der Waals surface area contributed by atoms with Crippen LogP contribution in [-0.4, -0.2) is 73.0 Å². The lowest BCUT2D eigenvalue weighted by atomic mass is 9.90. The second-order valence-electron chi connectivity index (χ2n) is 8.97. The predicted octanol–water partition coefficient (Wildman–Crippen LogP) is 3.48. The van der Waals surface area contributed by atoms with Crippen LogP contribution in [0.2, 0.25) is 0 Å². The number of hydrogen-bond donors (Lipinski definition) is 2. The van der Waals surface area contributed by atoms with Gasteiger partial charge >= 0.3 is 0 Å². The minimum absolute atomic E-state index is 0.0150. The molecule has 1 aliphatic heterocycles. The van der Waals surface area contributed by atoms with Gasteiger partial charge in [-0.05, 0) is 41.5 Å². The molecule has 1 fully saturated rings. The maximum Gasteiger partial charge on any atom is 0.289 e. The molecule has 0 unspecified atom stereocenters. The van der Waals surface area contributed by atoms with E-state index < -0.39 is 0 Å². The van der Waals surface area contributed by atoms with E-state index in [0.29, 0.717) is 45.0 Å². The van der Waals surface area contributed by atoms with Crippen LogP contribution in [0.1, 0.15) is 27.6 Å². The number of H-pyrrole nitrogens is 1. The maximum atomic E-state index is 12.9. The molecular weight excluding hydrogens is 456 g/mol. The third-order valence-electron chi connectivity index (χ3n) is 6.78. The molecule has 4 aromatic rings. The number of furan rings is 1. The molecule has 36 heavy (non-hydrogen) atoms. The van der Waals surface area contributed by atoms with E-state index in [4.69, 9.17) is 9.15 Å². The molecule has 5 rings (SSSR count). The second kappa shape index (κ2) is 10.7. The number of rotatable bonds is 8. The van der Waals surface area contributed by atoms with E-state index in [2.05, 4.69) is 27.3 Å². The lowest BCUT2D eigenvalue weighted by Gasteiger charge is -2.34. The van der Waals surface area contributed by atoms with Gasteiger partial charge in [0, 0.05) is 55.7 Å². The molecular formula is C28H30N4O4. The average Bonchev–Trinajstić information content (AvgIpc) is 3.60. The van der Waals surface area contributed by atoms with Gasteiger partial charge in [0.2, 0.25) is 5.91 Å². The Hall–Kier alpha value is -4.04. The van der Waals surface area contributed by atoms with Crippen molar-refractivity contribution in [2.45, 2.75) is 5.92 Å². The van der Waals surface area contributed by atoms with Gasteiger partial charge in [-0.3, -0.25) is 14.5 Å². The monoisotopic (exact) mass is 486 g/mol. The summed E-state index contributed by atoms with van der Waals surface area (Å²) in [4.78, 5) is 32.6. The van der Waals surface area contributed by atoms with Gasteiger partial charge in [0.25, 0.3) is 5.91 Å². The number of para-hydroxylation sites is 1. The molecule has 3 heterocycles. The van der Waals surface area contributed by atoms with Gasteiger partial charge < -0.3 is 24.4 Å². The summed E-state index contributed by atoms with van der Waals surface area (Å²) in [7, 11) is 1.65. The van der Waals surface area contributed by atoms with Crippen LogP contribution in [0.15, 0.2) is 77.5 Å². The topological polar surface area (TPSA) is 90.8 Å². The van der Waals surface area contributed by atoms with Gasteiger partial charge in [0.05, 0.1) is 19.9 Å². The molecule has 8 heteroatoms. The summed E-state index contributed by atoms with van der Waals surface area (Å²) in [6, 6.07) is 19.6. The van der Waals surface area contributed by atoms with Crippen molar-refractivity contribution in [3.63, 3.8) is 0 Å². The van der Waals surface area contributed by atoms with E-state index in [0.717, 1.165) is 27.8 Å². The van der Waals surface area contributed by atoms with E-state index in [9.17, 15) is 9.59 Å². The molecule has 1 saturated heterocycles. The van der Waals surface area contributed by atoms with Crippen LogP contribution in [0.4, 0.5) is 0 Å². The van der Waals surface area contributed by atoms with Crippen molar-refractivity contribution >= 4 is 22.7 Å². The van der Waals surface area contributed by atoms with E-state index in [1.165, 1.54) is 6.26 Å².